The first-order valence-electron chi connectivity index (χ1n) is 12.6. The van der Waals surface area contributed by atoms with Gasteiger partial charge in [0.05, 0.1) is 22.7 Å². The van der Waals surface area contributed by atoms with Gasteiger partial charge in [-0.25, -0.2) is 4.39 Å². The van der Waals surface area contributed by atoms with Crippen LogP contribution >= 0.6 is 0 Å². The molecule has 4 aromatic carbocycles. The van der Waals surface area contributed by atoms with E-state index in [0.717, 1.165) is 17.7 Å². The van der Waals surface area contributed by atoms with Crippen molar-refractivity contribution in [3.63, 3.8) is 0 Å². The summed E-state index contributed by atoms with van der Waals surface area (Å²) in [7, 11) is 0. The number of carbonyl (C=O) groups is 2. The Morgan fingerprint density at radius 3 is 2.24 bits per heavy atom. The Morgan fingerprint density at radius 2 is 1.54 bits per heavy atom. The molecule has 41 heavy (non-hydrogen) atoms. The molecule has 0 saturated heterocycles. The number of alkyl halides is 3. The molecule has 0 aliphatic carbocycles. The molecule has 0 radical (unpaired) electrons. The predicted molar refractivity (Wildman–Crippen MR) is 149 cm³/mol. The maximum absolute atomic E-state index is 13.2. The van der Waals surface area contributed by atoms with E-state index >= 15 is 0 Å². The average Bonchev–Trinajstić information content (AvgIpc) is 2.96. The predicted octanol–water partition coefficient (Wildman–Crippen LogP) is 7.80. The third-order valence-corrected chi connectivity index (χ3v) is 6.62. The quantitative estimate of drug-likeness (QED) is 0.209. The molecule has 5 nitrogen and oxygen atoms in total. The van der Waals surface area contributed by atoms with Crippen LogP contribution in [0.2, 0.25) is 0 Å². The first-order chi connectivity index (χ1) is 19.6. The number of amides is 2. The first-order valence-corrected chi connectivity index (χ1v) is 12.6. The summed E-state index contributed by atoms with van der Waals surface area (Å²) in [5, 5.41) is 6.36. The van der Waals surface area contributed by atoms with Crippen LogP contribution in [-0.2, 0) is 6.18 Å². The minimum Gasteiger partial charge on any atom is -0.345 e. The number of aromatic nitrogens is 1. The fraction of sp³-hybridized carbons (Fsp3) is 0.0938. The van der Waals surface area contributed by atoms with Gasteiger partial charge in [0.15, 0.2) is 0 Å². The minimum atomic E-state index is -4.45. The number of nitrogens with one attached hydrogen (secondary N) is 2. The van der Waals surface area contributed by atoms with Gasteiger partial charge in [-0.3, -0.25) is 14.6 Å². The van der Waals surface area contributed by atoms with Crippen molar-refractivity contribution in [3.8, 4) is 11.1 Å². The molecule has 5 aromatic rings. The van der Waals surface area contributed by atoms with Crippen molar-refractivity contribution in [3.05, 3.63) is 131 Å². The van der Waals surface area contributed by atoms with Gasteiger partial charge < -0.3 is 10.6 Å². The number of anilines is 1. The average molecular weight is 558 g/mol. The van der Waals surface area contributed by atoms with Crippen LogP contribution in [0.1, 0.15) is 44.8 Å². The first kappa shape index (κ1) is 27.5. The molecule has 2 N–H and O–H groups in total. The number of rotatable bonds is 6. The molecular weight excluding hydrogens is 534 g/mol. The third kappa shape index (κ3) is 6.24. The zero-order valence-electron chi connectivity index (χ0n) is 21.7. The molecule has 1 aromatic heterocycles. The van der Waals surface area contributed by atoms with Crippen molar-refractivity contribution >= 4 is 28.4 Å². The van der Waals surface area contributed by atoms with Crippen molar-refractivity contribution < 1.29 is 27.2 Å². The number of hydrogen-bond acceptors (Lipinski definition) is 3. The largest absolute Gasteiger partial charge is 0.416 e. The van der Waals surface area contributed by atoms with Gasteiger partial charge in [-0.05, 0) is 72.1 Å². The van der Waals surface area contributed by atoms with E-state index in [9.17, 15) is 27.2 Å². The molecule has 0 bridgehead atoms. The number of fused-ring (bicyclic) bond motifs is 1. The van der Waals surface area contributed by atoms with Crippen LogP contribution in [-0.4, -0.2) is 16.8 Å². The highest BCUT2D eigenvalue weighted by atomic mass is 19.4. The van der Waals surface area contributed by atoms with Gasteiger partial charge >= 0.3 is 6.18 Å². The van der Waals surface area contributed by atoms with Crippen LogP contribution in [0.25, 0.3) is 22.0 Å². The van der Waals surface area contributed by atoms with Crippen molar-refractivity contribution in [2.75, 3.05) is 5.32 Å². The van der Waals surface area contributed by atoms with Gasteiger partial charge in [0.2, 0.25) is 0 Å². The maximum atomic E-state index is 13.2. The fourth-order valence-electron chi connectivity index (χ4n) is 4.41. The summed E-state index contributed by atoms with van der Waals surface area (Å²) in [4.78, 5) is 30.3. The molecule has 9 heteroatoms. The molecule has 1 unspecified atom stereocenters. The van der Waals surface area contributed by atoms with Crippen molar-refractivity contribution in [1.29, 1.82) is 0 Å². The lowest BCUT2D eigenvalue weighted by molar-refractivity contribution is -0.137. The molecule has 2 amide bonds. The highest BCUT2D eigenvalue weighted by Crippen LogP contribution is 2.32. The van der Waals surface area contributed by atoms with E-state index in [0.29, 0.717) is 38.8 Å². The molecule has 5 rings (SSSR count). The van der Waals surface area contributed by atoms with Crippen LogP contribution in [0.3, 0.4) is 0 Å². The highest BCUT2D eigenvalue weighted by molar-refractivity contribution is 6.09. The molecule has 0 spiro atoms. The monoisotopic (exact) mass is 557 g/mol. The Labute approximate surface area is 232 Å². The lowest BCUT2D eigenvalue weighted by Gasteiger charge is -2.15. The van der Waals surface area contributed by atoms with E-state index in [1.807, 2.05) is 0 Å². The summed E-state index contributed by atoms with van der Waals surface area (Å²) in [6.07, 6.45) is -3.02. The second-order valence-electron chi connectivity index (χ2n) is 9.45. The molecule has 1 heterocycles. The van der Waals surface area contributed by atoms with Crippen LogP contribution < -0.4 is 10.6 Å². The molecular formula is C32H23F4N3O2. The molecule has 0 aliphatic heterocycles. The summed E-state index contributed by atoms with van der Waals surface area (Å²) < 4.78 is 52.1. The van der Waals surface area contributed by atoms with Crippen molar-refractivity contribution in [2.45, 2.75) is 19.1 Å². The van der Waals surface area contributed by atoms with E-state index in [4.69, 9.17) is 0 Å². The van der Waals surface area contributed by atoms with E-state index < -0.39 is 17.6 Å². The number of carbonyl (C=O) groups excluding carboxylic acids is 2. The SMILES string of the molecule is CC(NC(=O)c1cnc2cc(NC(=O)c3ccccc3-c3ccc(C(F)(F)F)cc3)ccc2c1)c1ccc(F)cc1. The standard InChI is InChI=1S/C32H23F4N3O2/c1-19(20-8-13-25(33)14-9-20)38-30(40)23-16-22-10-15-26(17-29(22)37-18-23)39-31(41)28-5-3-2-4-27(28)21-6-11-24(12-7-21)32(34,35)36/h2-19H,1H3,(H,38,40)(H,39,41). The summed E-state index contributed by atoms with van der Waals surface area (Å²) >= 11 is 0. The van der Waals surface area contributed by atoms with Crippen LogP contribution in [0.15, 0.2) is 103 Å². The van der Waals surface area contributed by atoms with Crippen molar-refractivity contribution in [1.82, 2.24) is 10.3 Å². The van der Waals surface area contributed by atoms with Gasteiger partial charge in [-0.2, -0.15) is 13.2 Å². The highest BCUT2D eigenvalue weighted by Gasteiger charge is 2.30. The van der Waals surface area contributed by atoms with E-state index in [1.165, 1.54) is 30.5 Å². The number of halogens is 4. The van der Waals surface area contributed by atoms with Gasteiger partial charge in [0, 0.05) is 22.8 Å². The number of nitrogens with zero attached hydrogens (tertiary/aromatic N) is 1. The summed E-state index contributed by atoms with van der Waals surface area (Å²) in [5.74, 6) is -1.14. The Bertz CT molecular complexity index is 1730. The normalized spacial score (nSPS) is 12.1. The number of benzene rings is 4. The second-order valence-corrected chi connectivity index (χ2v) is 9.45. The number of pyridine rings is 1. The fourth-order valence-corrected chi connectivity index (χ4v) is 4.41. The lowest BCUT2D eigenvalue weighted by Crippen LogP contribution is -2.26. The van der Waals surface area contributed by atoms with E-state index in [-0.39, 0.29) is 17.8 Å². The van der Waals surface area contributed by atoms with Gasteiger partial charge in [-0.1, -0.05) is 48.5 Å². The van der Waals surface area contributed by atoms with Crippen molar-refractivity contribution in [2.24, 2.45) is 0 Å². The van der Waals surface area contributed by atoms with Gasteiger partial charge in [-0.15, -0.1) is 0 Å². The Hall–Kier alpha value is -5.05. The molecule has 0 fully saturated rings. The summed E-state index contributed by atoms with van der Waals surface area (Å²) in [5.41, 5.74) is 2.59. The zero-order valence-corrected chi connectivity index (χ0v) is 21.7. The maximum Gasteiger partial charge on any atom is 0.416 e. The summed E-state index contributed by atoms with van der Waals surface area (Å²) in [6, 6.07) is 23.6. The topological polar surface area (TPSA) is 71.1 Å². The smallest absolute Gasteiger partial charge is 0.345 e. The molecule has 0 saturated carbocycles. The zero-order chi connectivity index (χ0) is 29.1. The Balaban J connectivity index is 1.31. The Morgan fingerprint density at radius 1 is 0.829 bits per heavy atom. The molecule has 206 valence electrons. The van der Waals surface area contributed by atoms with E-state index in [1.54, 1.807) is 67.6 Å². The van der Waals surface area contributed by atoms with Crippen LogP contribution in [0.5, 0.6) is 0 Å². The molecule has 1 atom stereocenters. The van der Waals surface area contributed by atoms with Gasteiger partial charge in [0.1, 0.15) is 5.82 Å². The van der Waals surface area contributed by atoms with E-state index in [2.05, 4.69) is 15.6 Å². The molecule has 0 aliphatic rings. The number of hydrogen-bond donors (Lipinski definition) is 2. The van der Waals surface area contributed by atoms with Crippen LogP contribution in [0.4, 0.5) is 23.2 Å². The minimum absolute atomic E-state index is 0.294. The van der Waals surface area contributed by atoms with Gasteiger partial charge in [0.25, 0.3) is 11.8 Å². The summed E-state index contributed by atoms with van der Waals surface area (Å²) in [6.45, 7) is 1.80. The van der Waals surface area contributed by atoms with Crippen LogP contribution in [0, 0.1) is 5.82 Å². The second kappa shape index (κ2) is 11.2. The third-order valence-electron chi connectivity index (χ3n) is 6.62. The lowest BCUT2D eigenvalue weighted by atomic mass is 9.98. The Kier molecular flexibility index (Phi) is 7.52.